The topological polar surface area (TPSA) is 29.5 Å². The smallest absolute Gasteiger partial charge is 0.122 e. The summed E-state index contributed by atoms with van der Waals surface area (Å²) in [5.41, 5.74) is 0.172. The van der Waals surface area contributed by atoms with Crippen LogP contribution in [0.25, 0.3) is 0 Å². The highest BCUT2D eigenvalue weighted by molar-refractivity contribution is 6.30. The van der Waals surface area contributed by atoms with Gasteiger partial charge in [-0.05, 0) is 37.6 Å². The molecule has 0 saturated heterocycles. The predicted octanol–water partition coefficient (Wildman–Crippen LogP) is 2.66. The number of ether oxygens (including phenoxy) is 1. The Kier molecular flexibility index (Phi) is 3.40. The maximum Gasteiger partial charge on any atom is 0.122 e. The van der Waals surface area contributed by atoms with E-state index in [0.717, 1.165) is 11.3 Å². The molecule has 0 aliphatic carbocycles. The summed E-state index contributed by atoms with van der Waals surface area (Å²) >= 11 is 5.87. The van der Waals surface area contributed by atoms with Gasteiger partial charge in [-0.3, -0.25) is 0 Å². The number of aliphatic hydroxyl groups is 1. The van der Waals surface area contributed by atoms with Gasteiger partial charge in [-0.1, -0.05) is 11.6 Å². The Morgan fingerprint density at radius 3 is 2.57 bits per heavy atom. The van der Waals surface area contributed by atoms with Crippen LogP contribution in [0.1, 0.15) is 19.4 Å². The summed E-state index contributed by atoms with van der Waals surface area (Å²) in [6.45, 7) is 3.51. The lowest BCUT2D eigenvalue weighted by atomic mass is 9.98. The first-order valence-corrected chi connectivity index (χ1v) is 4.85. The van der Waals surface area contributed by atoms with Gasteiger partial charge in [-0.2, -0.15) is 0 Å². The van der Waals surface area contributed by atoms with E-state index in [-0.39, 0.29) is 0 Å². The van der Waals surface area contributed by atoms with E-state index in [4.69, 9.17) is 16.3 Å². The number of halogens is 1. The van der Waals surface area contributed by atoms with Crippen molar-refractivity contribution in [3.63, 3.8) is 0 Å². The number of benzene rings is 1. The van der Waals surface area contributed by atoms with E-state index in [0.29, 0.717) is 11.4 Å². The van der Waals surface area contributed by atoms with Crippen LogP contribution in [0.3, 0.4) is 0 Å². The van der Waals surface area contributed by atoms with Crippen molar-refractivity contribution in [2.45, 2.75) is 25.9 Å². The Labute approximate surface area is 89.5 Å². The van der Waals surface area contributed by atoms with Gasteiger partial charge in [0.25, 0.3) is 0 Å². The summed E-state index contributed by atoms with van der Waals surface area (Å²) in [6, 6.07) is 5.40. The van der Waals surface area contributed by atoms with Crippen molar-refractivity contribution in [3.8, 4) is 5.75 Å². The van der Waals surface area contributed by atoms with Crippen molar-refractivity contribution >= 4 is 11.6 Å². The van der Waals surface area contributed by atoms with Crippen LogP contribution >= 0.6 is 11.6 Å². The molecule has 0 heterocycles. The van der Waals surface area contributed by atoms with E-state index in [1.165, 1.54) is 0 Å². The molecular formula is C11H15ClO2. The minimum atomic E-state index is -0.752. The van der Waals surface area contributed by atoms with E-state index in [9.17, 15) is 5.11 Å². The molecule has 0 aliphatic rings. The lowest BCUT2D eigenvalue weighted by molar-refractivity contribution is 0.0803. The Hall–Kier alpha value is -0.730. The van der Waals surface area contributed by atoms with Gasteiger partial charge in [0.1, 0.15) is 5.75 Å². The second-order valence-corrected chi connectivity index (χ2v) is 4.38. The van der Waals surface area contributed by atoms with Gasteiger partial charge in [0, 0.05) is 11.4 Å². The molecule has 0 radical (unpaired) electrons. The first-order chi connectivity index (χ1) is 6.42. The largest absolute Gasteiger partial charge is 0.496 e. The van der Waals surface area contributed by atoms with E-state index in [1.54, 1.807) is 27.0 Å². The number of rotatable bonds is 3. The first kappa shape index (κ1) is 11.3. The fourth-order valence-corrected chi connectivity index (χ4v) is 1.55. The van der Waals surface area contributed by atoms with Gasteiger partial charge in [-0.15, -0.1) is 0 Å². The van der Waals surface area contributed by atoms with Gasteiger partial charge in [0.2, 0.25) is 0 Å². The molecule has 0 fully saturated rings. The fraction of sp³-hybridized carbons (Fsp3) is 0.455. The summed E-state index contributed by atoms with van der Waals surface area (Å²) in [6.07, 6.45) is 0.525. The van der Waals surface area contributed by atoms with Crippen LogP contribution in [-0.2, 0) is 6.42 Å². The van der Waals surface area contributed by atoms with E-state index in [1.807, 2.05) is 12.1 Å². The van der Waals surface area contributed by atoms with E-state index >= 15 is 0 Å². The summed E-state index contributed by atoms with van der Waals surface area (Å²) in [5, 5.41) is 10.3. The summed E-state index contributed by atoms with van der Waals surface area (Å²) in [5.74, 6) is 0.761. The highest BCUT2D eigenvalue weighted by Crippen LogP contribution is 2.26. The second kappa shape index (κ2) is 4.20. The van der Waals surface area contributed by atoms with Crippen LogP contribution in [0.15, 0.2) is 18.2 Å². The Morgan fingerprint density at radius 2 is 2.07 bits per heavy atom. The van der Waals surface area contributed by atoms with Crippen molar-refractivity contribution in [1.82, 2.24) is 0 Å². The van der Waals surface area contributed by atoms with Gasteiger partial charge in [0.05, 0.1) is 12.7 Å². The van der Waals surface area contributed by atoms with Crippen molar-refractivity contribution in [2.24, 2.45) is 0 Å². The quantitative estimate of drug-likeness (QED) is 0.839. The molecule has 0 aliphatic heterocycles. The molecule has 1 aromatic rings. The van der Waals surface area contributed by atoms with Crippen molar-refractivity contribution < 1.29 is 9.84 Å². The van der Waals surface area contributed by atoms with Crippen LogP contribution in [0.4, 0.5) is 0 Å². The first-order valence-electron chi connectivity index (χ1n) is 4.47. The highest BCUT2D eigenvalue weighted by Gasteiger charge is 2.16. The average molecular weight is 215 g/mol. The van der Waals surface area contributed by atoms with Gasteiger partial charge < -0.3 is 9.84 Å². The molecule has 3 heteroatoms. The third-order valence-corrected chi connectivity index (χ3v) is 2.10. The zero-order valence-electron chi connectivity index (χ0n) is 8.67. The zero-order chi connectivity index (χ0) is 10.8. The fourth-order valence-electron chi connectivity index (χ4n) is 1.35. The third-order valence-electron chi connectivity index (χ3n) is 1.87. The average Bonchev–Trinajstić information content (AvgIpc) is 2.01. The lowest BCUT2D eigenvalue weighted by Gasteiger charge is -2.18. The Bertz CT molecular complexity index is 316. The van der Waals surface area contributed by atoms with Crippen LogP contribution in [-0.4, -0.2) is 17.8 Å². The lowest BCUT2D eigenvalue weighted by Crippen LogP contribution is -2.22. The monoisotopic (exact) mass is 214 g/mol. The molecule has 1 N–H and O–H groups in total. The standard InChI is InChI=1S/C11H15ClO2/c1-11(2,13)7-8-6-9(12)4-5-10(8)14-3/h4-6,13H,7H2,1-3H3. The number of hydrogen-bond donors (Lipinski definition) is 1. The van der Waals surface area contributed by atoms with Crippen molar-refractivity contribution in [2.75, 3.05) is 7.11 Å². The molecule has 14 heavy (non-hydrogen) atoms. The summed E-state index contributed by atoms with van der Waals surface area (Å²) in [7, 11) is 1.61. The van der Waals surface area contributed by atoms with E-state index < -0.39 is 5.60 Å². The predicted molar refractivity (Wildman–Crippen MR) is 58.0 cm³/mol. The van der Waals surface area contributed by atoms with Crippen LogP contribution in [0.2, 0.25) is 5.02 Å². The summed E-state index contributed by atoms with van der Waals surface area (Å²) in [4.78, 5) is 0. The van der Waals surface area contributed by atoms with Crippen LogP contribution in [0.5, 0.6) is 5.75 Å². The maximum atomic E-state index is 9.68. The van der Waals surface area contributed by atoms with Crippen LogP contribution in [0, 0.1) is 0 Å². The van der Waals surface area contributed by atoms with Crippen molar-refractivity contribution in [1.29, 1.82) is 0 Å². The highest BCUT2D eigenvalue weighted by atomic mass is 35.5. The SMILES string of the molecule is COc1ccc(Cl)cc1CC(C)(C)O. The van der Waals surface area contributed by atoms with Crippen molar-refractivity contribution in [3.05, 3.63) is 28.8 Å². The third kappa shape index (κ3) is 3.20. The number of methoxy groups -OCH3 is 1. The molecular weight excluding hydrogens is 200 g/mol. The minimum Gasteiger partial charge on any atom is -0.496 e. The molecule has 2 nitrogen and oxygen atoms in total. The summed E-state index contributed by atoms with van der Waals surface area (Å²) < 4.78 is 5.18. The van der Waals surface area contributed by atoms with Crippen LogP contribution < -0.4 is 4.74 Å². The van der Waals surface area contributed by atoms with Gasteiger partial charge >= 0.3 is 0 Å². The second-order valence-electron chi connectivity index (χ2n) is 3.95. The molecule has 0 saturated carbocycles. The molecule has 0 spiro atoms. The molecule has 1 rings (SSSR count). The zero-order valence-corrected chi connectivity index (χ0v) is 9.43. The molecule has 0 aromatic heterocycles. The molecule has 78 valence electrons. The molecule has 1 aromatic carbocycles. The van der Waals surface area contributed by atoms with E-state index in [2.05, 4.69) is 0 Å². The molecule has 0 bridgehead atoms. The van der Waals surface area contributed by atoms with Gasteiger partial charge in [0.15, 0.2) is 0 Å². The minimum absolute atomic E-state index is 0.525. The number of hydrogen-bond acceptors (Lipinski definition) is 2. The Balaban J connectivity index is 2.99. The Morgan fingerprint density at radius 1 is 1.43 bits per heavy atom. The molecule has 0 atom stereocenters. The van der Waals surface area contributed by atoms with Gasteiger partial charge in [-0.25, -0.2) is 0 Å². The maximum absolute atomic E-state index is 9.68. The molecule has 0 unspecified atom stereocenters. The molecule has 0 amide bonds. The normalized spacial score (nSPS) is 11.5.